The second kappa shape index (κ2) is 4.96. The number of rotatable bonds is 4. The van der Waals surface area contributed by atoms with Crippen molar-refractivity contribution in [1.29, 1.82) is 0 Å². The summed E-state index contributed by atoms with van der Waals surface area (Å²) in [6, 6.07) is 3.79. The van der Waals surface area contributed by atoms with Crippen LogP contribution in [0, 0.1) is 5.82 Å². The number of phenols is 1. The smallest absolute Gasteiger partial charge is 0.127 e. The van der Waals surface area contributed by atoms with E-state index < -0.39 is 5.82 Å². The van der Waals surface area contributed by atoms with Crippen LogP contribution >= 0.6 is 0 Å². The molecular formula is C11H16FNO. The predicted octanol–water partition coefficient (Wildman–Crippen LogP) is 2.72. The molecule has 0 fully saturated rings. The molecule has 0 radical (unpaired) electrons. The van der Waals surface area contributed by atoms with Crippen molar-refractivity contribution in [3.8, 4) is 5.75 Å². The third-order valence-electron chi connectivity index (χ3n) is 2.20. The zero-order valence-corrected chi connectivity index (χ0v) is 8.33. The molecule has 2 nitrogen and oxygen atoms in total. The van der Waals surface area contributed by atoms with Gasteiger partial charge in [0.2, 0.25) is 0 Å². The molecule has 0 aliphatic carbocycles. The number of aromatic hydroxyl groups is 1. The lowest BCUT2D eigenvalue weighted by molar-refractivity contribution is 0.465. The molecule has 0 aromatic heterocycles. The molecule has 1 rings (SSSR count). The van der Waals surface area contributed by atoms with E-state index in [4.69, 9.17) is 5.73 Å². The second-order valence-electron chi connectivity index (χ2n) is 3.49. The summed E-state index contributed by atoms with van der Waals surface area (Å²) in [5, 5.41) is 9.17. The van der Waals surface area contributed by atoms with Crippen molar-refractivity contribution in [2.75, 3.05) is 0 Å². The molecule has 0 aliphatic heterocycles. The van der Waals surface area contributed by atoms with Gasteiger partial charge < -0.3 is 10.8 Å². The molecule has 0 saturated carbocycles. The lowest BCUT2D eigenvalue weighted by Gasteiger charge is -2.11. The molecule has 0 heterocycles. The van der Waals surface area contributed by atoms with Gasteiger partial charge in [-0.25, -0.2) is 4.39 Å². The Kier molecular flexibility index (Phi) is 3.89. The third-order valence-corrected chi connectivity index (χ3v) is 2.20. The summed E-state index contributed by atoms with van der Waals surface area (Å²) in [5.74, 6) is -0.501. The Morgan fingerprint density at radius 1 is 1.43 bits per heavy atom. The van der Waals surface area contributed by atoms with Crippen molar-refractivity contribution < 1.29 is 9.50 Å². The Labute approximate surface area is 83.6 Å². The molecule has 1 unspecified atom stereocenters. The molecule has 1 aromatic rings. The minimum absolute atomic E-state index is 0.0630. The maximum absolute atomic E-state index is 12.9. The Hall–Kier alpha value is -1.09. The third kappa shape index (κ3) is 3.00. The van der Waals surface area contributed by atoms with Crippen molar-refractivity contribution in [3.05, 3.63) is 29.6 Å². The van der Waals surface area contributed by atoms with E-state index in [1.807, 2.05) is 0 Å². The second-order valence-corrected chi connectivity index (χ2v) is 3.49. The van der Waals surface area contributed by atoms with Crippen molar-refractivity contribution in [1.82, 2.24) is 0 Å². The van der Waals surface area contributed by atoms with Gasteiger partial charge in [-0.15, -0.1) is 0 Å². The molecular weight excluding hydrogens is 181 g/mol. The number of halogens is 1. The number of phenolic OH excluding ortho intramolecular Hbond substituents is 1. The summed E-state index contributed by atoms with van der Waals surface area (Å²) in [6.45, 7) is 2.08. The van der Waals surface area contributed by atoms with Gasteiger partial charge in [0.1, 0.15) is 11.6 Å². The number of benzene rings is 1. The van der Waals surface area contributed by atoms with Crippen LogP contribution in [0.25, 0.3) is 0 Å². The largest absolute Gasteiger partial charge is 0.508 e. The maximum Gasteiger partial charge on any atom is 0.127 e. The van der Waals surface area contributed by atoms with E-state index in [1.54, 1.807) is 0 Å². The number of hydrogen-bond acceptors (Lipinski definition) is 2. The van der Waals surface area contributed by atoms with E-state index in [1.165, 1.54) is 12.1 Å². The molecule has 0 bridgehead atoms. The Bertz CT molecular complexity index is 281. The van der Waals surface area contributed by atoms with Gasteiger partial charge in [-0.1, -0.05) is 19.8 Å². The fourth-order valence-corrected chi connectivity index (χ4v) is 1.40. The van der Waals surface area contributed by atoms with Gasteiger partial charge >= 0.3 is 0 Å². The summed E-state index contributed by atoms with van der Waals surface area (Å²) in [4.78, 5) is 0. The molecule has 3 heteroatoms. The average Bonchev–Trinajstić information content (AvgIpc) is 2.12. The van der Waals surface area contributed by atoms with E-state index in [0.29, 0.717) is 5.56 Å². The molecule has 1 aromatic carbocycles. The highest BCUT2D eigenvalue weighted by Gasteiger charge is 2.07. The van der Waals surface area contributed by atoms with Gasteiger partial charge in [0, 0.05) is 12.1 Å². The zero-order valence-electron chi connectivity index (χ0n) is 8.33. The first-order valence-corrected chi connectivity index (χ1v) is 4.88. The van der Waals surface area contributed by atoms with Crippen LogP contribution in [0.4, 0.5) is 4.39 Å². The lowest BCUT2D eigenvalue weighted by atomic mass is 10.0. The van der Waals surface area contributed by atoms with Crippen molar-refractivity contribution in [3.63, 3.8) is 0 Å². The van der Waals surface area contributed by atoms with E-state index in [2.05, 4.69) is 6.92 Å². The van der Waals surface area contributed by atoms with Crippen LogP contribution in [0.5, 0.6) is 5.75 Å². The van der Waals surface area contributed by atoms with Crippen LogP contribution in [0.2, 0.25) is 0 Å². The van der Waals surface area contributed by atoms with Crippen LogP contribution in [-0.2, 0) is 0 Å². The fourth-order valence-electron chi connectivity index (χ4n) is 1.40. The first kappa shape index (κ1) is 11.0. The summed E-state index contributed by atoms with van der Waals surface area (Å²) in [6.07, 6.45) is 2.90. The van der Waals surface area contributed by atoms with E-state index in [9.17, 15) is 9.50 Å². The Morgan fingerprint density at radius 2 is 2.14 bits per heavy atom. The highest BCUT2D eigenvalue weighted by Crippen LogP contribution is 2.22. The van der Waals surface area contributed by atoms with Crippen LogP contribution in [-0.4, -0.2) is 5.11 Å². The van der Waals surface area contributed by atoms with Gasteiger partial charge in [-0.2, -0.15) is 0 Å². The fraction of sp³-hybridized carbons (Fsp3) is 0.455. The van der Waals surface area contributed by atoms with Gasteiger partial charge in [0.15, 0.2) is 0 Å². The van der Waals surface area contributed by atoms with Crippen LogP contribution in [0.3, 0.4) is 0 Å². The van der Waals surface area contributed by atoms with E-state index in [-0.39, 0.29) is 11.8 Å². The first-order valence-electron chi connectivity index (χ1n) is 4.88. The normalized spacial score (nSPS) is 12.8. The standard InChI is InChI=1S/C11H16FNO/c1-2-3-4-11(13)8-5-9(12)7-10(14)6-8/h5-7,11,14H,2-4,13H2,1H3. The Balaban J connectivity index is 2.73. The molecule has 14 heavy (non-hydrogen) atoms. The van der Waals surface area contributed by atoms with E-state index in [0.717, 1.165) is 25.3 Å². The number of hydrogen-bond donors (Lipinski definition) is 2. The topological polar surface area (TPSA) is 46.2 Å². The van der Waals surface area contributed by atoms with Gasteiger partial charge in [-0.05, 0) is 24.1 Å². The highest BCUT2D eigenvalue weighted by atomic mass is 19.1. The minimum Gasteiger partial charge on any atom is -0.508 e. The summed E-state index contributed by atoms with van der Waals surface area (Å²) < 4.78 is 12.9. The molecule has 0 amide bonds. The monoisotopic (exact) mass is 197 g/mol. The molecule has 78 valence electrons. The molecule has 0 spiro atoms. The number of unbranched alkanes of at least 4 members (excludes halogenated alkanes) is 1. The quantitative estimate of drug-likeness (QED) is 0.779. The van der Waals surface area contributed by atoms with Gasteiger partial charge in [-0.3, -0.25) is 0 Å². The predicted molar refractivity (Wildman–Crippen MR) is 54.5 cm³/mol. The zero-order chi connectivity index (χ0) is 10.6. The van der Waals surface area contributed by atoms with Crippen molar-refractivity contribution in [2.24, 2.45) is 5.73 Å². The molecule has 0 aliphatic rings. The van der Waals surface area contributed by atoms with Gasteiger partial charge in [0.25, 0.3) is 0 Å². The lowest BCUT2D eigenvalue weighted by Crippen LogP contribution is -2.10. The Morgan fingerprint density at radius 3 is 2.71 bits per heavy atom. The summed E-state index contributed by atoms with van der Waals surface area (Å²) in [5.41, 5.74) is 6.50. The van der Waals surface area contributed by atoms with Gasteiger partial charge in [0.05, 0.1) is 0 Å². The van der Waals surface area contributed by atoms with Crippen LogP contribution in [0.1, 0.15) is 37.8 Å². The van der Waals surface area contributed by atoms with Crippen LogP contribution in [0.15, 0.2) is 18.2 Å². The average molecular weight is 197 g/mol. The summed E-state index contributed by atoms with van der Waals surface area (Å²) in [7, 11) is 0. The summed E-state index contributed by atoms with van der Waals surface area (Å²) >= 11 is 0. The van der Waals surface area contributed by atoms with E-state index >= 15 is 0 Å². The number of nitrogens with two attached hydrogens (primary N) is 1. The molecule has 3 N–H and O–H groups in total. The minimum atomic E-state index is -0.438. The van der Waals surface area contributed by atoms with Crippen molar-refractivity contribution in [2.45, 2.75) is 32.2 Å². The molecule has 0 saturated heterocycles. The maximum atomic E-state index is 12.9. The first-order chi connectivity index (χ1) is 6.63. The van der Waals surface area contributed by atoms with Crippen molar-refractivity contribution >= 4 is 0 Å². The highest BCUT2D eigenvalue weighted by molar-refractivity contribution is 5.30. The molecule has 1 atom stereocenters. The SMILES string of the molecule is CCCCC(N)c1cc(O)cc(F)c1. The van der Waals surface area contributed by atoms with Crippen LogP contribution < -0.4 is 5.73 Å².